The Morgan fingerprint density at radius 3 is 0.868 bits per heavy atom. The molecule has 0 fully saturated rings. The third kappa shape index (κ3) is 61.1. The van der Waals surface area contributed by atoms with E-state index in [9.17, 15) is 15.0 Å². The van der Waals surface area contributed by atoms with E-state index in [0.717, 1.165) is 109 Å². The van der Waals surface area contributed by atoms with Gasteiger partial charge < -0.3 is 15.5 Å². The van der Waals surface area contributed by atoms with E-state index in [0.29, 0.717) is 6.42 Å². The number of aliphatic hydroxyl groups excluding tert-OH is 2. The van der Waals surface area contributed by atoms with E-state index in [-0.39, 0.29) is 12.5 Å². The second-order valence-electron chi connectivity index (χ2n) is 21.1. The third-order valence-electron chi connectivity index (χ3n) is 13.8. The average molecular weight is 1050 g/mol. The van der Waals surface area contributed by atoms with Crippen molar-refractivity contribution in [3.63, 3.8) is 0 Å². The summed E-state index contributed by atoms with van der Waals surface area (Å²) in [6.07, 6.45) is 103. The number of hydrogen-bond acceptors (Lipinski definition) is 3. The Kier molecular flexibility index (Phi) is 62.3. The molecule has 0 saturated heterocycles. The Morgan fingerprint density at radius 2 is 0.579 bits per heavy atom. The van der Waals surface area contributed by atoms with Crippen LogP contribution < -0.4 is 5.32 Å². The first-order valence-corrected chi connectivity index (χ1v) is 32.0. The molecule has 0 aromatic rings. The predicted molar refractivity (Wildman–Crippen MR) is 340 cm³/mol. The Bertz CT molecular complexity index is 1560. The maximum atomic E-state index is 12.5. The lowest BCUT2D eigenvalue weighted by Gasteiger charge is -2.20. The van der Waals surface area contributed by atoms with Crippen molar-refractivity contribution in [1.29, 1.82) is 0 Å². The van der Waals surface area contributed by atoms with E-state index < -0.39 is 12.1 Å². The fraction of sp³-hybridized carbons (Fsp3) is 0.653. The SMILES string of the molecule is CC/C=C\C/C=C\C/C=C\C/C=C\C/C=C\C/C=C\C/C=C\C/C=C\C/C=C\C/C=C\C/C=C\CCCCCCCC(=O)NC(CO)C(O)/C=C/CCCCCCCCCCCCCCCCCCCCCCCCC. The van der Waals surface area contributed by atoms with Gasteiger partial charge in [-0.05, 0) is 103 Å². The van der Waals surface area contributed by atoms with Gasteiger partial charge in [-0.3, -0.25) is 4.79 Å². The van der Waals surface area contributed by atoms with Crippen LogP contribution in [0.25, 0.3) is 0 Å². The topological polar surface area (TPSA) is 69.6 Å². The van der Waals surface area contributed by atoms with Gasteiger partial charge in [0.2, 0.25) is 5.91 Å². The van der Waals surface area contributed by atoms with Gasteiger partial charge in [0.25, 0.3) is 0 Å². The van der Waals surface area contributed by atoms with Crippen molar-refractivity contribution in [2.75, 3.05) is 6.61 Å². The van der Waals surface area contributed by atoms with E-state index in [2.05, 4.69) is 153 Å². The molecule has 0 spiro atoms. The number of hydrogen-bond donors (Lipinski definition) is 3. The molecule has 2 unspecified atom stereocenters. The lowest BCUT2D eigenvalue weighted by Crippen LogP contribution is -2.45. The molecule has 0 heterocycles. The summed E-state index contributed by atoms with van der Waals surface area (Å²) >= 11 is 0. The van der Waals surface area contributed by atoms with Crippen molar-refractivity contribution in [2.45, 2.75) is 296 Å². The van der Waals surface area contributed by atoms with Gasteiger partial charge in [0, 0.05) is 6.42 Å². The first-order chi connectivity index (χ1) is 37.7. The van der Waals surface area contributed by atoms with Crippen molar-refractivity contribution in [3.05, 3.63) is 146 Å². The number of carbonyl (C=O) groups excluding carboxylic acids is 1. The van der Waals surface area contributed by atoms with Crippen LogP contribution in [-0.4, -0.2) is 34.9 Å². The van der Waals surface area contributed by atoms with Crippen LogP contribution in [0.5, 0.6) is 0 Å². The van der Waals surface area contributed by atoms with Gasteiger partial charge in [-0.25, -0.2) is 0 Å². The van der Waals surface area contributed by atoms with E-state index in [4.69, 9.17) is 0 Å². The molecule has 0 saturated carbocycles. The maximum Gasteiger partial charge on any atom is 0.220 e. The van der Waals surface area contributed by atoms with E-state index in [1.54, 1.807) is 6.08 Å². The highest BCUT2D eigenvalue weighted by molar-refractivity contribution is 5.76. The molecule has 4 nitrogen and oxygen atoms in total. The van der Waals surface area contributed by atoms with Crippen LogP contribution in [0, 0.1) is 0 Å². The summed E-state index contributed by atoms with van der Waals surface area (Å²) in [6.45, 7) is 4.20. The molecule has 76 heavy (non-hydrogen) atoms. The summed E-state index contributed by atoms with van der Waals surface area (Å²) in [5, 5.41) is 23.2. The molecular weight excluding hydrogens is 927 g/mol. The molecule has 0 radical (unpaired) electrons. The minimum atomic E-state index is -0.860. The molecule has 0 bridgehead atoms. The first kappa shape index (κ1) is 72.3. The normalized spacial score (nSPS) is 13.8. The van der Waals surface area contributed by atoms with E-state index in [1.807, 2.05) is 6.08 Å². The van der Waals surface area contributed by atoms with E-state index in [1.165, 1.54) is 154 Å². The van der Waals surface area contributed by atoms with Crippen LogP contribution in [0.2, 0.25) is 0 Å². The van der Waals surface area contributed by atoms with Crippen molar-refractivity contribution >= 4 is 5.91 Å². The third-order valence-corrected chi connectivity index (χ3v) is 13.8. The zero-order valence-electron chi connectivity index (χ0n) is 49.7. The standard InChI is InChI=1S/C72H121NO3/c1-3-5-7-9-11-13-15-17-19-21-23-25-27-29-30-31-32-33-34-35-36-37-38-39-40-41-42-44-46-48-50-52-54-56-58-60-62-64-66-68-72(76)73-70(69-74)71(75)67-65-63-61-59-57-55-53-51-49-47-45-43-28-26-24-22-20-18-16-14-12-10-8-6-4-2/h5,7,11,13,17,19,23,25,29-30,32-33,35-36,38-39,41-42,46,48,52,54,65,67,70-71,74-75H,3-4,6,8-10,12,14-16,18,20-22,24,26-28,31,34,37,40,43-45,47,49-51,53,55-64,66,68-69H2,1-2H3,(H,73,76)/b7-5-,13-11-,19-17-,25-23-,30-29-,33-32-,36-35-,39-38-,42-41-,48-46-,54-52-,67-65+. The number of amides is 1. The van der Waals surface area contributed by atoms with Gasteiger partial charge >= 0.3 is 0 Å². The van der Waals surface area contributed by atoms with Gasteiger partial charge in [0.1, 0.15) is 0 Å². The minimum Gasteiger partial charge on any atom is -0.394 e. The molecule has 0 aliphatic heterocycles. The molecule has 0 rings (SSSR count). The van der Waals surface area contributed by atoms with Gasteiger partial charge in [0.15, 0.2) is 0 Å². The summed E-state index contributed by atoms with van der Waals surface area (Å²) in [5.41, 5.74) is 0. The second-order valence-corrected chi connectivity index (χ2v) is 21.1. The quantitative estimate of drug-likeness (QED) is 0.0420. The van der Waals surface area contributed by atoms with Crippen molar-refractivity contribution in [2.24, 2.45) is 0 Å². The molecule has 432 valence electrons. The van der Waals surface area contributed by atoms with Gasteiger partial charge in [-0.15, -0.1) is 0 Å². The Hall–Kier alpha value is -3.73. The van der Waals surface area contributed by atoms with E-state index >= 15 is 0 Å². The van der Waals surface area contributed by atoms with Crippen molar-refractivity contribution < 1.29 is 15.0 Å². The number of allylic oxidation sites excluding steroid dienone is 23. The smallest absolute Gasteiger partial charge is 0.220 e. The summed E-state index contributed by atoms with van der Waals surface area (Å²) in [6, 6.07) is -0.645. The highest BCUT2D eigenvalue weighted by Crippen LogP contribution is 2.16. The van der Waals surface area contributed by atoms with Crippen LogP contribution in [0.3, 0.4) is 0 Å². The second kappa shape index (κ2) is 65.6. The molecular formula is C72H121NO3. The first-order valence-electron chi connectivity index (χ1n) is 32.0. The molecule has 4 heteroatoms. The lowest BCUT2D eigenvalue weighted by molar-refractivity contribution is -0.123. The van der Waals surface area contributed by atoms with Crippen LogP contribution >= 0.6 is 0 Å². The molecule has 2 atom stereocenters. The zero-order chi connectivity index (χ0) is 54.8. The highest BCUT2D eigenvalue weighted by Gasteiger charge is 2.18. The summed E-state index contributed by atoms with van der Waals surface area (Å²) in [7, 11) is 0. The summed E-state index contributed by atoms with van der Waals surface area (Å²) < 4.78 is 0. The van der Waals surface area contributed by atoms with Gasteiger partial charge in [0.05, 0.1) is 18.8 Å². The maximum absolute atomic E-state index is 12.5. The minimum absolute atomic E-state index is 0.0861. The van der Waals surface area contributed by atoms with Crippen LogP contribution in [0.4, 0.5) is 0 Å². The number of carbonyl (C=O) groups is 1. The lowest BCUT2D eigenvalue weighted by atomic mass is 10.0. The Balaban J connectivity index is 3.65. The van der Waals surface area contributed by atoms with Gasteiger partial charge in [-0.1, -0.05) is 320 Å². The average Bonchev–Trinajstić information content (AvgIpc) is 3.42. The number of aliphatic hydroxyl groups is 2. The number of unbranched alkanes of at least 4 members (excludes halogenated alkanes) is 28. The van der Waals surface area contributed by atoms with Crippen molar-refractivity contribution in [1.82, 2.24) is 5.32 Å². The Morgan fingerprint density at radius 1 is 0.329 bits per heavy atom. The fourth-order valence-electron chi connectivity index (χ4n) is 9.01. The number of nitrogens with one attached hydrogen (secondary N) is 1. The van der Waals surface area contributed by atoms with Crippen LogP contribution in [0.1, 0.15) is 284 Å². The number of rotatable bonds is 57. The molecule has 0 aromatic heterocycles. The molecule has 3 N–H and O–H groups in total. The summed E-state index contributed by atoms with van der Waals surface area (Å²) in [5.74, 6) is -0.0861. The predicted octanol–water partition coefficient (Wildman–Crippen LogP) is 21.9. The van der Waals surface area contributed by atoms with Crippen LogP contribution in [0.15, 0.2) is 146 Å². The van der Waals surface area contributed by atoms with Crippen molar-refractivity contribution in [3.8, 4) is 0 Å². The molecule has 0 aliphatic rings. The molecule has 0 aromatic carbocycles. The monoisotopic (exact) mass is 1050 g/mol. The van der Waals surface area contributed by atoms with Gasteiger partial charge in [-0.2, -0.15) is 0 Å². The fourth-order valence-corrected chi connectivity index (χ4v) is 9.01. The Labute approximate surface area is 472 Å². The molecule has 0 aliphatic carbocycles. The van der Waals surface area contributed by atoms with Crippen LogP contribution in [-0.2, 0) is 4.79 Å². The zero-order valence-corrected chi connectivity index (χ0v) is 49.7. The molecule has 1 amide bonds. The highest BCUT2D eigenvalue weighted by atomic mass is 16.3. The summed E-state index contributed by atoms with van der Waals surface area (Å²) in [4.78, 5) is 12.5. The largest absolute Gasteiger partial charge is 0.394 e.